The molecule has 0 aliphatic carbocycles. The lowest BCUT2D eigenvalue weighted by Crippen LogP contribution is -2.47. The first-order valence-corrected chi connectivity index (χ1v) is 5.43. The number of hydrogen-bond acceptors (Lipinski definition) is 3. The van der Waals surface area contributed by atoms with Gasteiger partial charge in [-0.3, -0.25) is 9.69 Å². The summed E-state index contributed by atoms with van der Waals surface area (Å²) < 4.78 is 0. The van der Waals surface area contributed by atoms with Gasteiger partial charge in [-0.15, -0.1) is 0 Å². The second-order valence-corrected chi connectivity index (χ2v) is 4.61. The summed E-state index contributed by atoms with van der Waals surface area (Å²) in [6.07, 6.45) is 2.74. The standard InChI is InChI=1S/C11H16N2O3/c1-12(2)6-8-9-4-3-7(5-10(8)14)13(9)11(15)16/h6-7,9H,3-5H2,1-2H3,(H,15,16)/b8-6+. The van der Waals surface area contributed by atoms with Crippen LogP contribution in [0, 0.1) is 0 Å². The van der Waals surface area contributed by atoms with Crippen LogP contribution in [0.2, 0.25) is 0 Å². The molecule has 16 heavy (non-hydrogen) atoms. The van der Waals surface area contributed by atoms with Crippen molar-refractivity contribution in [1.29, 1.82) is 0 Å². The normalized spacial score (nSPS) is 31.0. The molecule has 0 aromatic rings. The second kappa shape index (κ2) is 3.81. The van der Waals surface area contributed by atoms with E-state index in [0.717, 1.165) is 12.8 Å². The van der Waals surface area contributed by atoms with E-state index >= 15 is 0 Å². The van der Waals surface area contributed by atoms with Crippen LogP contribution in [0.3, 0.4) is 0 Å². The smallest absolute Gasteiger partial charge is 0.408 e. The van der Waals surface area contributed by atoms with Crippen LogP contribution in [0.5, 0.6) is 0 Å². The molecule has 2 heterocycles. The van der Waals surface area contributed by atoms with E-state index in [0.29, 0.717) is 12.0 Å². The minimum absolute atomic E-state index is 0.0960. The minimum atomic E-state index is -0.912. The second-order valence-electron chi connectivity index (χ2n) is 4.61. The fraction of sp³-hybridized carbons (Fsp3) is 0.636. The first-order valence-electron chi connectivity index (χ1n) is 5.43. The molecular weight excluding hydrogens is 208 g/mol. The molecule has 0 radical (unpaired) electrons. The molecule has 1 N–H and O–H groups in total. The van der Waals surface area contributed by atoms with Crippen LogP contribution in [-0.2, 0) is 4.79 Å². The molecule has 5 nitrogen and oxygen atoms in total. The van der Waals surface area contributed by atoms with Gasteiger partial charge in [0, 0.05) is 38.3 Å². The van der Waals surface area contributed by atoms with Gasteiger partial charge in [-0.1, -0.05) is 0 Å². The molecule has 0 saturated carbocycles. The highest BCUT2D eigenvalue weighted by atomic mass is 16.4. The highest BCUT2D eigenvalue weighted by molar-refractivity contribution is 5.99. The van der Waals surface area contributed by atoms with Crippen LogP contribution in [0.4, 0.5) is 4.79 Å². The van der Waals surface area contributed by atoms with Gasteiger partial charge in [-0.25, -0.2) is 4.79 Å². The van der Waals surface area contributed by atoms with Crippen LogP contribution in [-0.4, -0.2) is 53.0 Å². The topological polar surface area (TPSA) is 60.9 Å². The zero-order valence-corrected chi connectivity index (χ0v) is 9.51. The lowest BCUT2D eigenvalue weighted by molar-refractivity contribution is -0.118. The van der Waals surface area contributed by atoms with Crippen molar-refractivity contribution < 1.29 is 14.7 Å². The van der Waals surface area contributed by atoms with Crippen LogP contribution in [0.15, 0.2) is 11.8 Å². The van der Waals surface area contributed by atoms with Gasteiger partial charge in [-0.05, 0) is 12.8 Å². The third-order valence-corrected chi connectivity index (χ3v) is 3.22. The fourth-order valence-electron chi connectivity index (χ4n) is 2.63. The molecule has 2 fully saturated rings. The Labute approximate surface area is 94.3 Å². The lowest BCUT2D eigenvalue weighted by atomic mass is 9.96. The Balaban J connectivity index is 2.33. The SMILES string of the molecule is CN(C)/C=C1/C(=O)CC2CCC1N2C(=O)O. The van der Waals surface area contributed by atoms with E-state index in [2.05, 4.69) is 0 Å². The molecule has 88 valence electrons. The number of fused-ring (bicyclic) bond motifs is 2. The molecule has 2 saturated heterocycles. The summed E-state index contributed by atoms with van der Waals surface area (Å²) in [6, 6.07) is -0.333. The Morgan fingerprint density at radius 3 is 2.75 bits per heavy atom. The van der Waals surface area contributed by atoms with E-state index < -0.39 is 6.09 Å². The summed E-state index contributed by atoms with van der Waals surface area (Å²) in [5.41, 5.74) is 0.640. The number of carbonyl (C=O) groups excluding carboxylic acids is 1. The summed E-state index contributed by atoms with van der Waals surface area (Å²) in [6.45, 7) is 0. The quantitative estimate of drug-likeness (QED) is 0.673. The maximum atomic E-state index is 11.8. The average molecular weight is 224 g/mol. The van der Waals surface area contributed by atoms with Crippen LogP contribution >= 0.6 is 0 Å². The Morgan fingerprint density at radius 2 is 2.19 bits per heavy atom. The van der Waals surface area contributed by atoms with Crippen LogP contribution in [0.25, 0.3) is 0 Å². The monoisotopic (exact) mass is 224 g/mol. The molecule has 2 bridgehead atoms. The number of piperidine rings is 1. The molecule has 2 atom stereocenters. The van der Waals surface area contributed by atoms with Crippen molar-refractivity contribution in [2.75, 3.05) is 14.1 Å². The maximum absolute atomic E-state index is 11.8. The molecule has 0 aromatic heterocycles. The number of rotatable bonds is 1. The zero-order chi connectivity index (χ0) is 11.9. The maximum Gasteiger partial charge on any atom is 0.408 e. The summed E-state index contributed by atoms with van der Waals surface area (Å²) in [4.78, 5) is 26.2. The predicted octanol–water partition coefficient (Wildman–Crippen LogP) is 0.916. The lowest BCUT2D eigenvalue weighted by Gasteiger charge is -2.33. The number of ketones is 1. The summed E-state index contributed by atoms with van der Waals surface area (Å²) in [7, 11) is 3.68. The van der Waals surface area contributed by atoms with Gasteiger partial charge in [0.15, 0.2) is 5.78 Å². The number of nitrogens with zero attached hydrogens (tertiary/aromatic N) is 2. The molecular formula is C11H16N2O3. The molecule has 5 heteroatoms. The summed E-state index contributed by atoms with van der Waals surface area (Å²) in [5, 5.41) is 9.13. The van der Waals surface area contributed by atoms with Crippen LogP contribution < -0.4 is 0 Å². The van der Waals surface area contributed by atoms with E-state index in [1.54, 1.807) is 11.1 Å². The molecule has 1 amide bonds. The van der Waals surface area contributed by atoms with E-state index in [1.807, 2.05) is 14.1 Å². The Bertz CT molecular complexity index is 362. The highest BCUT2D eigenvalue weighted by Gasteiger charge is 2.46. The molecule has 2 aliphatic heterocycles. The molecule has 0 spiro atoms. The van der Waals surface area contributed by atoms with Gasteiger partial charge < -0.3 is 10.0 Å². The van der Waals surface area contributed by atoms with Crippen molar-refractivity contribution in [2.45, 2.75) is 31.3 Å². The van der Waals surface area contributed by atoms with Gasteiger partial charge in [0.1, 0.15) is 0 Å². The summed E-state index contributed by atoms with van der Waals surface area (Å²) in [5.74, 6) is 0.0960. The van der Waals surface area contributed by atoms with Crippen molar-refractivity contribution in [3.8, 4) is 0 Å². The van der Waals surface area contributed by atoms with Gasteiger partial charge in [0.25, 0.3) is 0 Å². The highest BCUT2D eigenvalue weighted by Crippen LogP contribution is 2.37. The third-order valence-electron chi connectivity index (χ3n) is 3.22. The Hall–Kier alpha value is -1.52. The van der Waals surface area contributed by atoms with Gasteiger partial charge >= 0.3 is 6.09 Å². The summed E-state index contributed by atoms with van der Waals surface area (Å²) >= 11 is 0. The molecule has 2 unspecified atom stereocenters. The zero-order valence-electron chi connectivity index (χ0n) is 9.51. The number of carbonyl (C=O) groups is 2. The fourth-order valence-corrected chi connectivity index (χ4v) is 2.63. The van der Waals surface area contributed by atoms with E-state index in [4.69, 9.17) is 5.11 Å². The average Bonchev–Trinajstić information content (AvgIpc) is 2.50. The van der Waals surface area contributed by atoms with Gasteiger partial charge in [0.05, 0.1) is 6.04 Å². The van der Waals surface area contributed by atoms with E-state index in [1.165, 1.54) is 4.90 Å². The van der Waals surface area contributed by atoms with Crippen molar-refractivity contribution >= 4 is 11.9 Å². The number of amides is 1. The minimum Gasteiger partial charge on any atom is -0.465 e. The van der Waals surface area contributed by atoms with Crippen molar-refractivity contribution in [1.82, 2.24) is 9.80 Å². The number of hydrogen-bond donors (Lipinski definition) is 1. The first-order chi connectivity index (χ1) is 7.50. The molecule has 0 aromatic carbocycles. The third kappa shape index (κ3) is 1.66. The number of Topliss-reactive ketones (excluding diaryl/α,β-unsaturated/α-hetero) is 1. The Kier molecular flexibility index (Phi) is 2.61. The van der Waals surface area contributed by atoms with E-state index in [9.17, 15) is 9.59 Å². The van der Waals surface area contributed by atoms with E-state index in [-0.39, 0.29) is 17.9 Å². The van der Waals surface area contributed by atoms with Gasteiger partial charge in [-0.2, -0.15) is 0 Å². The molecule has 2 rings (SSSR count). The number of carboxylic acid groups (broad SMARTS) is 1. The van der Waals surface area contributed by atoms with Crippen LogP contribution in [0.1, 0.15) is 19.3 Å². The largest absolute Gasteiger partial charge is 0.465 e. The van der Waals surface area contributed by atoms with Gasteiger partial charge in [0.2, 0.25) is 0 Å². The van der Waals surface area contributed by atoms with Crippen molar-refractivity contribution in [3.63, 3.8) is 0 Å². The first kappa shape index (κ1) is 11.0. The Morgan fingerprint density at radius 1 is 1.50 bits per heavy atom. The predicted molar refractivity (Wildman–Crippen MR) is 58.1 cm³/mol. The molecule has 2 aliphatic rings. The van der Waals surface area contributed by atoms with Crippen molar-refractivity contribution in [2.24, 2.45) is 0 Å². The van der Waals surface area contributed by atoms with Crippen molar-refractivity contribution in [3.05, 3.63) is 11.8 Å².